The molecule has 42 heavy (non-hydrogen) atoms. The Balaban J connectivity index is 1.20. The van der Waals surface area contributed by atoms with Crippen molar-refractivity contribution < 1.29 is 18.7 Å². The van der Waals surface area contributed by atoms with E-state index in [9.17, 15) is 4.79 Å². The van der Waals surface area contributed by atoms with Crippen LogP contribution in [-0.4, -0.2) is 62.4 Å². The summed E-state index contributed by atoms with van der Waals surface area (Å²) in [6.45, 7) is 4.54. The Bertz CT molecular complexity index is 1590. The minimum atomic E-state index is -0.570. The number of amides is 1. The molecule has 4 aromatic rings. The molecule has 1 fully saturated rings. The number of rotatable bonds is 10. The van der Waals surface area contributed by atoms with E-state index < -0.39 is 5.82 Å². The molecule has 0 saturated heterocycles. The number of hydrogen-bond donors (Lipinski definition) is 1. The van der Waals surface area contributed by atoms with Crippen LogP contribution in [0.5, 0.6) is 5.75 Å². The summed E-state index contributed by atoms with van der Waals surface area (Å²) in [5.41, 5.74) is 6.21. The number of hydrogen-bond acceptors (Lipinski definition) is 7. The van der Waals surface area contributed by atoms with Gasteiger partial charge in [-0.15, -0.1) is 5.10 Å². The van der Waals surface area contributed by atoms with Crippen molar-refractivity contribution in [3.63, 3.8) is 0 Å². The van der Waals surface area contributed by atoms with Crippen molar-refractivity contribution >= 4 is 5.91 Å². The molecule has 0 atom stereocenters. The highest BCUT2D eigenvalue weighted by Gasteiger charge is 2.28. The third-order valence-corrected chi connectivity index (χ3v) is 8.30. The molecular formula is C31H36FN7O3. The highest BCUT2D eigenvalue weighted by Crippen LogP contribution is 2.30. The second kappa shape index (κ2) is 12.0. The van der Waals surface area contributed by atoms with Crippen LogP contribution in [0.2, 0.25) is 0 Å². The molecule has 0 radical (unpaired) electrons. The van der Waals surface area contributed by atoms with E-state index in [1.165, 1.54) is 48.2 Å². The molecule has 2 aromatic heterocycles. The molecule has 0 unspecified atom stereocenters. The zero-order chi connectivity index (χ0) is 29.2. The third kappa shape index (κ3) is 5.66. The van der Waals surface area contributed by atoms with Crippen molar-refractivity contribution in [1.29, 1.82) is 0 Å². The van der Waals surface area contributed by atoms with Crippen LogP contribution in [0.3, 0.4) is 0 Å². The highest BCUT2D eigenvalue weighted by atomic mass is 19.1. The van der Waals surface area contributed by atoms with Crippen molar-refractivity contribution in [1.82, 2.24) is 35.0 Å². The van der Waals surface area contributed by atoms with Crippen LogP contribution in [0.1, 0.15) is 63.3 Å². The predicted molar refractivity (Wildman–Crippen MR) is 154 cm³/mol. The van der Waals surface area contributed by atoms with E-state index >= 15 is 4.39 Å². The summed E-state index contributed by atoms with van der Waals surface area (Å²) >= 11 is 0. The van der Waals surface area contributed by atoms with Gasteiger partial charge in [0.1, 0.15) is 5.69 Å². The summed E-state index contributed by atoms with van der Waals surface area (Å²) in [6.07, 6.45) is 8.46. The van der Waals surface area contributed by atoms with E-state index in [1.54, 1.807) is 37.2 Å². The molecule has 1 saturated carbocycles. The molecular weight excluding hydrogens is 537 g/mol. The summed E-state index contributed by atoms with van der Waals surface area (Å²) in [5.74, 6) is -0.869. The molecule has 0 bridgehead atoms. The van der Waals surface area contributed by atoms with E-state index in [2.05, 4.69) is 43.8 Å². The zero-order valence-electron chi connectivity index (χ0n) is 24.3. The fourth-order valence-corrected chi connectivity index (χ4v) is 5.82. The number of carbonyl (C=O) groups is 1. The Morgan fingerprint density at radius 1 is 1.14 bits per heavy atom. The van der Waals surface area contributed by atoms with Crippen LogP contribution in [0.4, 0.5) is 4.39 Å². The van der Waals surface area contributed by atoms with Crippen LogP contribution >= 0.6 is 0 Å². The Morgan fingerprint density at radius 2 is 2.00 bits per heavy atom. The number of carbonyl (C=O) groups excluding carboxylic acids is 1. The zero-order valence-corrected chi connectivity index (χ0v) is 24.3. The first-order valence-corrected chi connectivity index (χ1v) is 14.4. The monoisotopic (exact) mass is 573 g/mol. The maximum Gasteiger partial charge on any atom is 0.255 e. The van der Waals surface area contributed by atoms with Crippen molar-refractivity contribution in [2.24, 2.45) is 0 Å². The summed E-state index contributed by atoms with van der Waals surface area (Å²) in [4.78, 5) is 16.0. The average molecular weight is 574 g/mol. The molecule has 2 aliphatic rings. The molecule has 11 heteroatoms. The Labute approximate surface area is 244 Å². The van der Waals surface area contributed by atoms with Gasteiger partial charge in [0, 0.05) is 44.5 Å². The molecule has 2 aromatic carbocycles. The van der Waals surface area contributed by atoms with Gasteiger partial charge >= 0.3 is 0 Å². The first-order valence-electron chi connectivity index (χ1n) is 14.4. The van der Waals surface area contributed by atoms with E-state index in [0.717, 1.165) is 31.1 Å². The number of methoxy groups -OCH3 is 2. The van der Waals surface area contributed by atoms with Gasteiger partial charge in [-0.2, -0.15) is 5.10 Å². The molecule has 6 rings (SSSR count). The molecule has 1 aliphatic heterocycles. The topological polar surface area (TPSA) is 99.3 Å². The quantitative estimate of drug-likeness (QED) is 0.307. The third-order valence-electron chi connectivity index (χ3n) is 8.30. The van der Waals surface area contributed by atoms with Crippen molar-refractivity contribution in [3.8, 4) is 11.4 Å². The lowest BCUT2D eigenvalue weighted by Crippen LogP contribution is -2.43. The van der Waals surface area contributed by atoms with Crippen LogP contribution in [0.15, 0.2) is 42.7 Å². The maximum absolute atomic E-state index is 15.4. The Kier molecular flexibility index (Phi) is 8.03. The van der Waals surface area contributed by atoms with Gasteiger partial charge in [0.2, 0.25) is 0 Å². The van der Waals surface area contributed by atoms with Gasteiger partial charge in [-0.3, -0.25) is 14.4 Å². The van der Waals surface area contributed by atoms with Gasteiger partial charge in [-0.1, -0.05) is 29.8 Å². The number of benzene rings is 2. The molecule has 1 amide bonds. The lowest BCUT2D eigenvalue weighted by atomic mass is 9.88. The number of aryl methyl sites for hydroxylation is 1. The Morgan fingerprint density at radius 3 is 2.71 bits per heavy atom. The first-order chi connectivity index (χ1) is 20.4. The molecule has 10 nitrogen and oxygen atoms in total. The van der Waals surface area contributed by atoms with Gasteiger partial charge in [0.25, 0.3) is 5.91 Å². The normalized spacial score (nSPS) is 15.3. The van der Waals surface area contributed by atoms with Gasteiger partial charge in [-0.05, 0) is 55.0 Å². The number of fused-ring (bicyclic) bond motifs is 1. The van der Waals surface area contributed by atoms with Crippen LogP contribution < -0.4 is 10.1 Å². The summed E-state index contributed by atoms with van der Waals surface area (Å²) in [6, 6.07) is 10.6. The SMILES string of the molecule is COCc1nn(Cc2ccc3c(c2)CN(C2CCC2)CC3)cc1C(=O)NCc1c(-n2cc(C)nn2)ccc(OC)c1F. The fourth-order valence-electron chi connectivity index (χ4n) is 5.82. The van der Waals surface area contributed by atoms with Crippen molar-refractivity contribution in [2.75, 3.05) is 20.8 Å². The summed E-state index contributed by atoms with van der Waals surface area (Å²) in [7, 11) is 2.97. The molecule has 220 valence electrons. The predicted octanol–water partition coefficient (Wildman–Crippen LogP) is 3.96. The maximum atomic E-state index is 15.4. The van der Waals surface area contributed by atoms with Gasteiger partial charge < -0.3 is 14.8 Å². The number of nitrogens with zero attached hydrogens (tertiary/aromatic N) is 6. The van der Waals surface area contributed by atoms with Crippen LogP contribution in [0, 0.1) is 12.7 Å². The van der Waals surface area contributed by atoms with Crippen molar-refractivity contribution in [3.05, 3.63) is 87.7 Å². The van der Waals surface area contributed by atoms with E-state index in [-0.39, 0.29) is 30.4 Å². The second-order valence-corrected chi connectivity index (χ2v) is 11.1. The minimum Gasteiger partial charge on any atom is -0.494 e. The van der Waals surface area contributed by atoms with Crippen molar-refractivity contribution in [2.45, 2.75) is 64.9 Å². The lowest BCUT2D eigenvalue weighted by molar-refractivity contribution is 0.0945. The number of halogens is 1. The van der Waals surface area contributed by atoms with E-state index in [1.807, 2.05) is 0 Å². The van der Waals surface area contributed by atoms with E-state index in [0.29, 0.717) is 29.2 Å². The first kappa shape index (κ1) is 28.0. The Hall–Kier alpha value is -4.09. The smallest absolute Gasteiger partial charge is 0.255 e. The number of aromatic nitrogens is 5. The number of nitrogens with one attached hydrogen (secondary N) is 1. The largest absolute Gasteiger partial charge is 0.494 e. The van der Waals surface area contributed by atoms with Crippen LogP contribution in [-0.2, 0) is 37.4 Å². The van der Waals surface area contributed by atoms with Crippen LogP contribution in [0.25, 0.3) is 5.69 Å². The molecule has 0 spiro atoms. The molecule has 1 aliphatic carbocycles. The lowest BCUT2D eigenvalue weighted by Gasteiger charge is -2.40. The molecule has 1 N–H and O–H groups in total. The van der Waals surface area contributed by atoms with Gasteiger partial charge in [-0.25, -0.2) is 9.07 Å². The molecule has 3 heterocycles. The fraction of sp³-hybridized carbons (Fsp3) is 0.419. The second-order valence-electron chi connectivity index (χ2n) is 11.1. The number of ether oxygens (including phenoxy) is 2. The standard InChI is InChI=1S/C31H36FN7O3/c1-20-15-39(36-34-20)28-9-10-29(42-3)30(32)25(28)14-33-31(40)26-18-38(35-27(26)19-41-2)16-21-7-8-22-11-12-37(17-23(22)13-21)24-5-4-6-24/h7-10,13,15,18,24H,4-6,11-12,14,16-17,19H2,1-3H3,(H,33,40). The van der Waals surface area contributed by atoms with E-state index in [4.69, 9.17) is 9.47 Å². The van der Waals surface area contributed by atoms with Gasteiger partial charge in [0.05, 0.1) is 43.4 Å². The summed E-state index contributed by atoms with van der Waals surface area (Å²) < 4.78 is 29.1. The average Bonchev–Trinajstić information content (AvgIpc) is 3.57. The van der Waals surface area contributed by atoms with Gasteiger partial charge in [0.15, 0.2) is 11.6 Å². The highest BCUT2D eigenvalue weighted by molar-refractivity contribution is 5.95. The minimum absolute atomic E-state index is 0.0774. The summed E-state index contributed by atoms with van der Waals surface area (Å²) in [5, 5.41) is 15.6.